The summed E-state index contributed by atoms with van der Waals surface area (Å²) in [5.41, 5.74) is 8.01. The lowest BCUT2D eigenvalue weighted by Gasteiger charge is -2.15. The lowest BCUT2D eigenvalue weighted by molar-refractivity contribution is 0.424. The molecular weight excluding hydrogens is 305 g/mol. The maximum absolute atomic E-state index is 6.26. The number of hydrogen-bond donors (Lipinski definition) is 1. The molecule has 0 bridgehead atoms. The Bertz CT molecular complexity index is 571. The van der Waals surface area contributed by atoms with Crippen LogP contribution >= 0.6 is 23.2 Å². The van der Waals surface area contributed by atoms with Crippen molar-refractivity contribution in [1.82, 2.24) is 9.78 Å². The summed E-state index contributed by atoms with van der Waals surface area (Å²) in [5, 5.41) is 5.84. The van der Waals surface area contributed by atoms with Crippen LogP contribution in [0.1, 0.15) is 50.0 Å². The Morgan fingerprint density at radius 3 is 2.33 bits per heavy atom. The molecule has 2 N–H and O–H groups in total. The minimum Gasteiger partial charge on any atom is -0.324 e. The minimum absolute atomic E-state index is 0.253. The van der Waals surface area contributed by atoms with Gasteiger partial charge in [-0.1, -0.05) is 43.1 Å². The summed E-state index contributed by atoms with van der Waals surface area (Å²) >= 11 is 12.4. The summed E-state index contributed by atoms with van der Waals surface area (Å²) in [5.74, 6) is 0. The molecular formula is C16H21Cl2N3. The lowest BCUT2D eigenvalue weighted by atomic mass is 10.0. The summed E-state index contributed by atoms with van der Waals surface area (Å²) in [7, 11) is 0. The maximum atomic E-state index is 6.26. The highest BCUT2D eigenvalue weighted by atomic mass is 35.5. The summed E-state index contributed by atoms with van der Waals surface area (Å²) < 4.78 is 2.02. The van der Waals surface area contributed by atoms with E-state index in [0.29, 0.717) is 22.5 Å². The van der Waals surface area contributed by atoms with E-state index in [4.69, 9.17) is 28.9 Å². The van der Waals surface area contributed by atoms with Crippen molar-refractivity contribution in [2.75, 3.05) is 0 Å². The molecule has 1 aromatic heterocycles. The van der Waals surface area contributed by atoms with Crippen LogP contribution in [0.5, 0.6) is 0 Å². The van der Waals surface area contributed by atoms with Crippen LogP contribution in [-0.2, 0) is 6.42 Å². The molecule has 0 spiro atoms. The van der Waals surface area contributed by atoms with Gasteiger partial charge in [0.05, 0.1) is 11.7 Å². The first-order valence-electron chi connectivity index (χ1n) is 7.30. The van der Waals surface area contributed by atoms with E-state index in [2.05, 4.69) is 18.9 Å². The smallest absolute Gasteiger partial charge is 0.0643 e. The standard InChI is InChI=1S/C16H21Cl2N3/c1-3-12(4-2)21-9-8-11(20-21)10-15(19)16-13(17)6-5-7-14(16)18/h5-9,12,15H,3-4,10,19H2,1-2H3. The molecule has 1 unspecified atom stereocenters. The first kappa shape index (κ1) is 16.3. The molecule has 0 saturated carbocycles. The van der Waals surface area contributed by atoms with Gasteiger partial charge in [0.25, 0.3) is 0 Å². The van der Waals surface area contributed by atoms with Gasteiger partial charge in [-0.05, 0) is 31.0 Å². The van der Waals surface area contributed by atoms with Gasteiger partial charge in [0, 0.05) is 34.3 Å². The van der Waals surface area contributed by atoms with Crippen LogP contribution in [0.25, 0.3) is 0 Å². The van der Waals surface area contributed by atoms with Crippen LogP contribution < -0.4 is 5.73 Å². The van der Waals surface area contributed by atoms with E-state index in [1.54, 1.807) is 0 Å². The van der Waals surface area contributed by atoms with Crippen molar-refractivity contribution >= 4 is 23.2 Å². The summed E-state index contributed by atoms with van der Waals surface area (Å²) in [4.78, 5) is 0. The third-order valence-corrected chi connectivity index (χ3v) is 4.44. The molecule has 2 rings (SSSR count). The number of halogens is 2. The second-order valence-corrected chi connectivity index (χ2v) is 6.02. The number of hydrogen-bond acceptors (Lipinski definition) is 2. The van der Waals surface area contributed by atoms with E-state index in [-0.39, 0.29) is 6.04 Å². The van der Waals surface area contributed by atoms with E-state index in [0.717, 1.165) is 24.1 Å². The monoisotopic (exact) mass is 325 g/mol. The molecule has 0 radical (unpaired) electrons. The van der Waals surface area contributed by atoms with Crippen molar-refractivity contribution in [3.63, 3.8) is 0 Å². The Balaban J connectivity index is 2.15. The Morgan fingerprint density at radius 1 is 1.14 bits per heavy atom. The van der Waals surface area contributed by atoms with Crippen LogP contribution in [0.2, 0.25) is 10.0 Å². The fourth-order valence-electron chi connectivity index (χ4n) is 2.54. The van der Waals surface area contributed by atoms with E-state index >= 15 is 0 Å². The summed E-state index contributed by atoms with van der Waals surface area (Å²) in [6, 6.07) is 7.65. The van der Waals surface area contributed by atoms with Crippen molar-refractivity contribution in [2.24, 2.45) is 5.73 Å². The van der Waals surface area contributed by atoms with Gasteiger partial charge >= 0.3 is 0 Å². The Labute approximate surface area is 136 Å². The maximum Gasteiger partial charge on any atom is 0.0643 e. The molecule has 0 fully saturated rings. The highest BCUT2D eigenvalue weighted by Crippen LogP contribution is 2.30. The molecule has 5 heteroatoms. The van der Waals surface area contributed by atoms with Gasteiger partial charge < -0.3 is 5.73 Å². The third-order valence-electron chi connectivity index (χ3n) is 3.78. The quantitative estimate of drug-likeness (QED) is 0.829. The highest BCUT2D eigenvalue weighted by molar-refractivity contribution is 6.36. The zero-order valence-electron chi connectivity index (χ0n) is 12.4. The second kappa shape index (κ2) is 7.30. The SMILES string of the molecule is CCC(CC)n1ccc(CC(N)c2c(Cl)cccc2Cl)n1. The number of nitrogens with zero attached hydrogens (tertiary/aromatic N) is 2. The molecule has 1 atom stereocenters. The van der Waals surface area contributed by atoms with E-state index in [9.17, 15) is 0 Å². The largest absolute Gasteiger partial charge is 0.324 e. The van der Waals surface area contributed by atoms with Crippen molar-refractivity contribution in [3.05, 3.63) is 51.8 Å². The first-order valence-corrected chi connectivity index (χ1v) is 8.05. The molecule has 21 heavy (non-hydrogen) atoms. The fourth-order valence-corrected chi connectivity index (χ4v) is 3.22. The summed E-state index contributed by atoms with van der Waals surface area (Å²) in [6.45, 7) is 4.34. The zero-order chi connectivity index (χ0) is 15.4. The second-order valence-electron chi connectivity index (χ2n) is 5.20. The average Bonchev–Trinajstić information content (AvgIpc) is 2.88. The van der Waals surface area contributed by atoms with Gasteiger partial charge in [-0.3, -0.25) is 4.68 Å². The van der Waals surface area contributed by atoms with Crippen LogP contribution in [0, 0.1) is 0 Å². The molecule has 0 saturated heterocycles. The van der Waals surface area contributed by atoms with E-state index < -0.39 is 0 Å². The molecule has 114 valence electrons. The van der Waals surface area contributed by atoms with Crippen LogP contribution in [0.4, 0.5) is 0 Å². The van der Waals surface area contributed by atoms with Gasteiger partial charge in [0.2, 0.25) is 0 Å². The summed E-state index contributed by atoms with van der Waals surface area (Å²) in [6.07, 6.45) is 4.78. The molecule has 0 amide bonds. The lowest BCUT2D eigenvalue weighted by Crippen LogP contribution is -2.15. The Hall–Kier alpha value is -1.03. The Morgan fingerprint density at radius 2 is 1.76 bits per heavy atom. The van der Waals surface area contributed by atoms with Crippen LogP contribution in [0.3, 0.4) is 0 Å². The van der Waals surface area contributed by atoms with Crippen molar-refractivity contribution in [1.29, 1.82) is 0 Å². The van der Waals surface area contributed by atoms with E-state index in [1.807, 2.05) is 35.1 Å². The molecule has 2 aromatic rings. The van der Waals surface area contributed by atoms with Crippen molar-refractivity contribution in [2.45, 2.75) is 45.2 Å². The highest BCUT2D eigenvalue weighted by Gasteiger charge is 2.16. The molecule has 1 heterocycles. The third kappa shape index (κ3) is 3.79. The van der Waals surface area contributed by atoms with Crippen molar-refractivity contribution in [3.8, 4) is 0 Å². The van der Waals surface area contributed by atoms with Gasteiger partial charge in [-0.25, -0.2) is 0 Å². The van der Waals surface area contributed by atoms with Crippen molar-refractivity contribution < 1.29 is 0 Å². The van der Waals surface area contributed by atoms with Gasteiger partial charge in [0.1, 0.15) is 0 Å². The molecule has 0 aliphatic heterocycles. The topological polar surface area (TPSA) is 43.8 Å². The first-order chi connectivity index (χ1) is 10.1. The fraction of sp³-hybridized carbons (Fsp3) is 0.438. The number of nitrogens with two attached hydrogens (primary N) is 1. The number of benzene rings is 1. The normalized spacial score (nSPS) is 12.9. The molecule has 1 aromatic carbocycles. The van der Waals surface area contributed by atoms with Gasteiger partial charge in [-0.15, -0.1) is 0 Å². The minimum atomic E-state index is -0.253. The molecule has 0 aliphatic carbocycles. The van der Waals surface area contributed by atoms with Gasteiger partial charge in [-0.2, -0.15) is 5.10 Å². The predicted octanol–water partition coefficient (Wildman–Crippen LogP) is 4.79. The molecule has 0 aliphatic rings. The van der Waals surface area contributed by atoms with E-state index in [1.165, 1.54) is 0 Å². The predicted molar refractivity (Wildman–Crippen MR) is 88.9 cm³/mol. The van der Waals surface area contributed by atoms with Gasteiger partial charge in [0.15, 0.2) is 0 Å². The number of aromatic nitrogens is 2. The van der Waals surface area contributed by atoms with Crippen LogP contribution in [-0.4, -0.2) is 9.78 Å². The number of rotatable bonds is 6. The van der Waals surface area contributed by atoms with Crippen LogP contribution in [0.15, 0.2) is 30.5 Å². The zero-order valence-corrected chi connectivity index (χ0v) is 13.9. The average molecular weight is 326 g/mol. The molecule has 3 nitrogen and oxygen atoms in total. The Kier molecular flexibility index (Phi) is 5.68.